The lowest BCUT2D eigenvalue weighted by atomic mass is 10.0. The summed E-state index contributed by atoms with van der Waals surface area (Å²) in [5.41, 5.74) is 0. The van der Waals surface area contributed by atoms with Crippen molar-refractivity contribution >= 4 is 42.3 Å². The molecule has 0 N–H and O–H groups in total. The zero-order chi connectivity index (χ0) is 26.7. The summed E-state index contributed by atoms with van der Waals surface area (Å²) >= 11 is 0. The zero-order valence-electron chi connectivity index (χ0n) is 25.5. The summed E-state index contributed by atoms with van der Waals surface area (Å²) in [5, 5.41) is 0. The Morgan fingerprint density at radius 1 is 0.475 bits per heavy atom. The van der Waals surface area contributed by atoms with Crippen LogP contribution in [-0.2, 0) is 16.5 Å². The van der Waals surface area contributed by atoms with Gasteiger partial charge >= 0.3 is 25.7 Å². The smallest absolute Gasteiger partial charge is 0.315 e. The molecule has 0 fully saturated rings. The average Bonchev–Trinajstić information content (AvgIpc) is 2.61. The minimum Gasteiger partial charge on any atom is -0.437 e. The summed E-state index contributed by atoms with van der Waals surface area (Å²) in [5.74, 6) is 0.873. The molecule has 0 bridgehead atoms. The molecule has 0 aromatic carbocycles. The molecular weight excluding hydrogens is 577 g/mol. The van der Waals surface area contributed by atoms with Crippen molar-refractivity contribution in [1.82, 2.24) is 0 Å². The normalized spacial score (nSPS) is 15.2. The first kappa shape index (κ1) is 56.7. The van der Waals surface area contributed by atoms with Gasteiger partial charge in [0.2, 0.25) is 0 Å². The lowest BCUT2D eigenvalue weighted by molar-refractivity contribution is 0.289. The van der Waals surface area contributed by atoms with Crippen LogP contribution < -0.4 is 0 Å². The third-order valence-electron chi connectivity index (χ3n) is 5.98. The minimum atomic E-state index is -2.40. The van der Waals surface area contributed by atoms with E-state index in [0.717, 1.165) is 24.4 Å². The van der Waals surface area contributed by atoms with Gasteiger partial charge in [-0.25, -0.2) is 0 Å². The van der Waals surface area contributed by atoms with Gasteiger partial charge in [-0.15, -0.1) is 0 Å². The lowest BCUT2D eigenvalue weighted by Crippen LogP contribution is -2.59. The Hall–Kier alpha value is 0.924. The highest BCUT2D eigenvalue weighted by molar-refractivity contribution is 6.90. The SMILES string of the molecule is C.C.C.C.C.C.CCCC[Si](C)(O[Si](C)(C)C)O[Si](C)(C)O[Si](C)(CCCCCCCC(C)CC)O[Si](C)(C)C. The molecule has 0 aliphatic heterocycles. The monoisotopic (exact) mass is 663 g/mol. The van der Waals surface area contributed by atoms with E-state index in [1.807, 2.05) is 0 Å². The summed E-state index contributed by atoms with van der Waals surface area (Å²) in [6, 6.07) is 2.13. The second-order valence-corrected chi connectivity index (χ2v) is 33.3. The first-order valence-electron chi connectivity index (χ1n) is 14.1. The van der Waals surface area contributed by atoms with E-state index < -0.39 is 42.3 Å². The van der Waals surface area contributed by atoms with E-state index >= 15 is 0 Å². The van der Waals surface area contributed by atoms with Crippen molar-refractivity contribution in [3.8, 4) is 0 Å². The molecule has 0 aromatic heterocycles. The molecule has 0 heterocycles. The van der Waals surface area contributed by atoms with Crippen molar-refractivity contribution in [3.05, 3.63) is 0 Å². The Morgan fingerprint density at radius 3 is 1.18 bits per heavy atom. The van der Waals surface area contributed by atoms with Crippen LogP contribution >= 0.6 is 0 Å². The number of rotatable bonds is 20. The zero-order valence-corrected chi connectivity index (χ0v) is 30.5. The van der Waals surface area contributed by atoms with Crippen molar-refractivity contribution in [3.63, 3.8) is 0 Å². The van der Waals surface area contributed by atoms with Gasteiger partial charge in [0, 0.05) is 0 Å². The molecule has 9 heteroatoms. The van der Waals surface area contributed by atoms with Crippen molar-refractivity contribution in [2.75, 3.05) is 0 Å². The van der Waals surface area contributed by atoms with E-state index in [-0.39, 0.29) is 44.6 Å². The Balaban J connectivity index is -0.000000363. The molecule has 3 unspecified atom stereocenters. The van der Waals surface area contributed by atoms with E-state index in [0.29, 0.717) is 0 Å². The third-order valence-corrected chi connectivity index (χ3v) is 24.2. The van der Waals surface area contributed by atoms with E-state index in [1.54, 1.807) is 0 Å². The molecule has 4 nitrogen and oxygen atoms in total. The summed E-state index contributed by atoms with van der Waals surface area (Å²) in [6.07, 6.45) is 11.6. The summed E-state index contributed by atoms with van der Waals surface area (Å²) in [6.45, 7) is 29.7. The second-order valence-electron chi connectivity index (χ2n) is 13.2. The highest BCUT2D eigenvalue weighted by Crippen LogP contribution is 2.31. The van der Waals surface area contributed by atoms with Gasteiger partial charge in [0.25, 0.3) is 0 Å². The molecule has 40 heavy (non-hydrogen) atoms. The molecule has 0 rings (SSSR count). The molecule has 3 atom stereocenters. The number of unbranched alkanes of at least 4 members (excludes halogenated alkanes) is 5. The van der Waals surface area contributed by atoms with Gasteiger partial charge in [-0.05, 0) is 83.5 Å². The van der Waals surface area contributed by atoms with Gasteiger partial charge in [0.1, 0.15) is 0 Å². The molecular formula is C31H86O4Si5. The molecule has 0 radical (unpaired) electrons. The van der Waals surface area contributed by atoms with Gasteiger partial charge in [-0.2, -0.15) is 0 Å². The van der Waals surface area contributed by atoms with Gasteiger partial charge in [-0.3, -0.25) is 0 Å². The van der Waals surface area contributed by atoms with Crippen LogP contribution in [0.4, 0.5) is 0 Å². The second kappa shape index (κ2) is 25.3. The Bertz CT molecular complexity index is 553. The molecule has 0 spiro atoms. The maximum Gasteiger partial charge on any atom is 0.315 e. The van der Waals surface area contributed by atoms with Gasteiger partial charge in [0.15, 0.2) is 16.6 Å². The van der Waals surface area contributed by atoms with Crippen LogP contribution in [0, 0.1) is 5.92 Å². The largest absolute Gasteiger partial charge is 0.437 e. The third kappa shape index (κ3) is 30.4. The van der Waals surface area contributed by atoms with Crippen LogP contribution in [0.2, 0.25) is 77.6 Å². The maximum absolute atomic E-state index is 7.00. The maximum atomic E-state index is 7.00. The molecule has 0 amide bonds. The molecule has 0 aliphatic rings. The fourth-order valence-corrected chi connectivity index (χ4v) is 28.6. The van der Waals surface area contributed by atoms with Crippen molar-refractivity contribution in [1.29, 1.82) is 0 Å². The molecule has 0 aliphatic carbocycles. The van der Waals surface area contributed by atoms with E-state index in [9.17, 15) is 0 Å². The van der Waals surface area contributed by atoms with Gasteiger partial charge < -0.3 is 16.5 Å². The lowest BCUT2D eigenvalue weighted by Gasteiger charge is -2.44. The molecule has 254 valence electrons. The minimum absolute atomic E-state index is 0. The first-order valence-corrected chi connectivity index (χ1v) is 28.8. The molecule has 0 saturated carbocycles. The molecule has 0 aromatic rings. The van der Waals surface area contributed by atoms with Crippen LogP contribution in [0.15, 0.2) is 0 Å². The predicted octanol–water partition coefficient (Wildman–Crippen LogP) is 13.6. The number of hydrogen-bond acceptors (Lipinski definition) is 4. The number of hydrogen-bond donors (Lipinski definition) is 0. The van der Waals surface area contributed by atoms with Gasteiger partial charge in [-0.1, -0.05) is 123 Å². The van der Waals surface area contributed by atoms with E-state index in [4.69, 9.17) is 16.5 Å². The summed E-state index contributed by atoms with van der Waals surface area (Å²) < 4.78 is 27.5. The fourth-order valence-electron chi connectivity index (χ4n) is 4.77. The van der Waals surface area contributed by atoms with Crippen molar-refractivity contribution in [2.45, 2.75) is 201 Å². The Morgan fingerprint density at radius 2 is 0.825 bits per heavy atom. The van der Waals surface area contributed by atoms with Crippen molar-refractivity contribution in [2.24, 2.45) is 5.92 Å². The quantitative estimate of drug-likeness (QED) is 0.0960. The Kier molecular flexibility index (Phi) is 35.8. The Labute approximate surface area is 264 Å². The standard InChI is InChI=1S/C25H62O4Si5.6CH4/c1-14-16-23-33(12,26-30(4,5)6)28-32(10,11)29-34(13,27-31(7,8)9)24-21-19-17-18-20-22-25(3)15-2;;;;;;/h25H,14-24H2,1-13H3;6*1H4. The van der Waals surface area contributed by atoms with E-state index in [1.165, 1.54) is 51.4 Å². The summed E-state index contributed by atoms with van der Waals surface area (Å²) in [7, 11) is -10.4. The van der Waals surface area contributed by atoms with Crippen LogP contribution in [-0.4, -0.2) is 42.3 Å². The highest BCUT2D eigenvalue weighted by atomic mass is 28.5. The summed E-state index contributed by atoms with van der Waals surface area (Å²) in [4.78, 5) is 0. The topological polar surface area (TPSA) is 36.9 Å². The van der Waals surface area contributed by atoms with Crippen molar-refractivity contribution < 1.29 is 16.5 Å². The van der Waals surface area contributed by atoms with Crippen LogP contribution in [0.5, 0.6) is 0 Å². The molecule has 0 saturated heterocycles. The average molecular weight is 663 g/mol. The van der Waals surface area contributed by atoms with Crippen LogP contribution in [0.1, 0.15) is 123 Å². The fraction of sp³-hybridized carbons (Fsp3) is 1.00. The van der Waals surface area contributed by atoms with Crippen LogP contribution in [0.3, 0.4) is 0 Å². The van der Waals surface area contributed by atoms with E-state index in [2.05, 4.69) is 86.2 Å². The first-order chi connectivity index (χ1) is 15.3. The highest BCUT2D eigenvalue weighted by Gasteiger charge is 2.47. The predicted molar refractivity (Wildman–Crippen MR) is 204 cm³/mol. The van der Waals surface area contributed by atoms with Crippen LogP contribution in [0.25, 0.3) is 0 Å². The van der Waals surface area contributed by atoms with Gasteiger partial charge in [0.05, 0.1) is 0 Å².